The zero-order chi connectivity index (χ0) is 7.98. The summed E-state index contributed by atoms with van der Waals surface area (Å²) in [7, 11) is 0. The lowest BCUT2D eigenvalue weighted by molar-refractivity contribution is -0.119. The quantitative estimate of drug-likeness (QED) is 0.543. The van der Waals surface area contributed by atoms with Crippen LogP contribution in [0.25, 0.3) is 0 Å². The number of amides is 1. The molecule has 60 valence electrons. The van der Waals surface area contributed by atoms with Crippen LogP contribution < -0.4 is 11.1 Å². The molecule has 0 saturated heterocycles. The molecule has 3 nitrogen and oxygen atoms in total. The Balaban J connectivity index is 3.21. The smallest absolute Gasteiger partial charge is 0.234 e. The van der Waals surface area contributed by atoms with Crippen molar-refractivity contribution >= 4 is 5.91 Å². The van der Waals surface area contributed by atoms with E-state index in [1.807, 2.05) is 0 Å². The molecule has 0 aromatic carbocycles. The molecule has 1 amide bonds. The summed E-state index contributed by atoms with van der Waals surface area (Å²) in [6, 6.07) is -0.188. The van der Waals surface area contributed by atoms with Gasteiger partial charge in [0.15, 0.2) is 0 Å². The molecule has 10 heavy (non-hydrogen) atoms. The van der Waals surface area contributed by atoms with Crippen LogP contribution in [0.1, 0.15) is 26.7 Å². The van der Waals surface area contributed by atoms with E-state index in [1.54, 1.807) is 6.92 Å². The number of nitrogens with one attached hydrogen (secondary N) is 1. The molecule has 0 spiro atoms. The van der Waals surface area contributed by atoms with Gasteiger partial charge in [-0.05, 0) is 19.9 Å². The lowest BCUT2D eigenvalue weighted by Gasteiger charge is -2.07. The van der Waals surface area contributed by atoms with Crippen molar-refractivity contribution in [1.82, 2.24) is 5.32 Å². The van der Waals surface area contributed by atoms with Crippen LogP contribution in [0.15, 0.2) is 0 Å². The molecular formula is C7H16N2O. The highest BCUT2D eigenvalue weighted by Gasteiger charge is 2.04. The average Bonchev–Trinajstić information content (AvgIpc) is 1.88. The molecule has 0 fully saturated rings. The Morgan fingerprint density at radius 1 is 1.70 bits per heavy atom. The van der Waals surface area contributed by atoms with E-state index in [1.165, 1.54) is 0 Å². The fourth-order valence-corrected chi connectivity index (χ4v) is 0.596. The van der Waals surface area contributed by atoms with Crippen molar-refractivity contribution in [2.75, 3.05) is 6.54 Å². The molecule has 1 atom stereocenters. The van der Waals surface area contributed by atoms with Gasteiger partial charge in [0.25, 0.3) is 0 Å². The summed E-state index contributed by atoms with van der Waals surface area (Å²) >= 11 is 0. The first-order valence-corrected chi connectivity index (χ1v) is 3.71. The fraction of sp³-hybridized carbons (Fsp3) is 0.857. The van der Waals surface area contributed by atoms with Gasteiger partial charge in [0.2, 0.25) is 5.91 Å². The minimum atomic E-state index is -0.281. The third-order valence-electron chi connectivity index (χ3n) is 1.41. The van der Waals surface area contributed by atoms with Crippen molar-refractivity contribution in [2.45, 2.75) is 32.7 Å². The maximum atomic E-state index is 10.5. The summed E-state index contributed by atoms with van der Waals surface area (Å²) in [4.78, 5) is 10.5. The molecule has 0 saturated carbocycles. The Hall–Kier alpha value is -0.570. The normalized spacial score (nSPS) is 13.0. The number of primary amides is 1. The van der Waals surface area contributed by atoms with Crippen LogP contribution in [-0.4, -0.2) is 18.5 Å². The molecular weight excluding hydrogens is 128 g/mol. The molecule has 3 N–H and O–H groups in total. The topological polar surface area (TPSA) is 55.1 Å². The second-order valence-electron chi connectivity index (χ2n) is 2.43. The van der Waals surface area contributed by atoms with Gasteiger partial charge < -0.3 is 11.1 Å². The van der Waals surface area contributed by atoms with E-state index in [-0.39, 0.29) is 11.9 Å². The van der Waals surface area contributed by atoms with E-state index in [9.17, 15) is 4.79 Å². The van der Waals surface area contributed by atoms with Gasteiger partial charge in [-0.2, -0.15) is 0 Å². The minimum Gasteiger partial charge on any atom is -0.368 e. The van der Waals surface area contributed by atoms with Crippen molar-refractivity contribution in [1.29, 1.82) is 0 Å². The number of rotatable bonds is 5. The molecule has 0 aromatic heterocycles. The highest BCUT2D eigenvalue weighted by Crippen LogP contribution is 1.84. The molecule has 0 rings (SSSR count). The highest BCUT2D eigenvalue weighted by molar-refractivity contribution is 5.79. The zero-order valence-corrected chi connectivity index (χ0v) is 6.68. The van der Waals surface area contributed by atoms with Crippen molar-refractivity contribution in [3.63, 3.8) is 0 Å². The van der Waals surface area contributed by atoms with Gasteiger partial charge in [-0.1, -0.05) is 13.3 Å². The van der Waals surface area contributed by atoms with E-state index >= 15 is 0 Å². The molecule has 1 unspecified atom stereocenters. The monoisotopic (exact) mass is 144 g/mol. The minimum absolute atomic E-state index is 0.188. The van der Waals surface area contributed by atoms with Crippen LogP contribution >= 0.6 is 0 Å². The SMILES string of the molecule is CCCCNC(C)C(N)=O. The number of hydrogen-bond donors (Lipinski definition) is 2. The van der Waals surface area contributed by atoms with Crippen molar-refractivity contribution in [2.24, 2.45) is 5.73 Å². The van der Waals surface area contributed by atoms with Crippen LogP contribution in [-0.2, 0) is 4.79 Å². The average molecular weight is 144 g/mol. The van der Waals surface area contributed by atoms with Gasteiger partial charge in [0.05, 0.1) is 6.04 Å². The second-order valence-corrected chi connectivity index (χ2v) is 2.43. The predicted octanol–water partition coefficient (Wildman–Crippen LogP) is 0.250. The summed E-state index contributed by atoms with van der Waals surface area (Å²) in [6.07, 6.45) is 2.23. The fourth-order valence-electron chi connectivity index (χ4n) is 0.596. The Morgan fingerprint density at radius 3 is 2.70 bits per heavy atom. The van der Waals surface area contributed by atoms with Gasteiger partial charge in [-0.3, -0.25) is 4.79 Å². The zero-order valence-electron chi connectivity index (χ0n) is 6.68. The standard InChI is InChI=1S/C7H16N2O/c1-3-4-5-9-6(2)7(8)10/h6,9H,3-5H2,1-2H3,(H2,8,10). The van der Waals surface area contributed by atoms with Crippen molar-refractivity contribution < 1.29 is 4.79 Å². The summed E-state index contributed by atoms with van der Waals surface area (Å²) in [5.74, 6) is -0.281. The van der Waals surface area contributed by atoms with Crippen LogP contribution in [0.3, 0.4) is 0 Å². The molecule has 0 aliphatic heterocycles. The first kappa shape index (κ1) is 9.43. The third-order valence-corrected chi connectivity index (χ3v) is 1.41. The number of unbranched alkanes of at least 4 members (excludes halogenated alkanes) is 1. The molecule has 0 aliphatic carbocycles. The molecule has 0 aromatic rings. The molecule has 3 heteroatoms. The Bertz CT molecular complexity index is 104. The summed E-state index contributed by atoms with van der Waals surface area (Å²) in [5.41, 5.74) is 5.02. The van der Waals surface area contributed by atoms with Gasteiger partial charge in [0, 0.05) is 0 Å². The first-order chi connectivity index (χ1) is 4.68. The van der Waals surface area contributed by atoms with Gasteiger partial charge in [-0.25, -0.2) is 0 Å². The van der Waals surface area contributed by atoms with E-state index in [0.717, 1.165) is 19.4 Å². The van der Waals surface area contributed by atoms with Crippen LogP contribution in [0.5, 0.6) is 0 Å². The van der Waals surface area contributed by atoms with Crippen LogP contribution in [0.2, 0.25) is 0 Å². The van der Waals surface area contributed by atoms with E-state index < -0.39 is 0 Å². The Morgan fingerprint density at radius 2 is 2.30 bits per heavy atom. The Kier molecular flexibility index (Phi) is 4.94. The number of nitrogens with two attached hydrogens (primary N) is 1. The number of hydrogen-bond acceptors (Lipinski definition) is 2. The lowest BCUT2D eigenvalue weighted by atomic mass is 10.3. The van der Waals surface area contributed by atoms with E-state index in [2.05, 4.69) is 12.2 Å². The predicted molar refractivity (Wildman–Crippen MR) is 41.6 cm³/mol. The Labute approximate surface area is 62.0 Å². The largest absolute Gasteiger partial charge is 0.368 e. The van der Waals surface area contributed by atoms with Crippen molar-refractivity contribution in [3.8, 4) is 0 Å². The first-order valence-electron chi connectivity index (χ1n) is 3.71. The summed E-state index contributed by atoms with van der Waals surface area (Å²) in [6.45, 7) is 4.76. The maximum Gasteiger partial charge on any atom is 0.234 e. The van der Waals surface area contributed by atoms with Gasteiger partial charge in [-0.15, -0.1) is 0 Å². The van der Waals surface area contributed by atoms with Gasteiger partial charge >= 0.3 is 0 Å². The van der Waals surface area contributed by atoms with Gasteiger partial charge in [0.1, 0.15) is 0 Å². The number of carbonyl (C=O) groups excluding carboxylic acids is 1. The summed E-state index contributed by atoms with van der Waals surface area (Å²) in [5, 5.41) is 3.01. The third kappa shape index (κ3) is 4.32. The van der Waals surface area contributed by atoms with Crippen LogP contribution in [0.4, 0.5) is 0 Å². The van der Waals surface area contributed by atoms with Crippen LogP contribution in [0, 0.1) is 0 Å². The molecule has 0 radical (unpaired) electrons. The molecule has 0 bridgehead atoms. The van der Waals surface area contributed by atoms with E-state index in [0.29, 0.717) is 0 Å². The molecule has 0 heterocycles. The maximum absolute atomic E-state index is 10.5. The van der Waals surface area contributed by atoms with Crippen molar-refractivity contribution in [3.05, 3.63) is 0 Å². The summed E-state index contributed by atoms with van der Waals surface area (Å²) < 4.78 is 0. The highest BCUT2D eigenvalue weighted by atomic mass is 16.1. The van der Waals surface area contributed by atoms with E-state index in [4.69, 9.17) is 5.73 Å². The number of carbonyl (C=O) groups is 1. The molecule has 0 aliphatic rings. The lowest BCUT2D eigenvalue weighted by Crippen LogP contribution is -2.39. The second kappa shape index (κ2) is 5.23.